The van der Waals surface area contributed by atoms with Gasteiger partial charge in [0.1, 0.15) is 11.6 Å². The van der Waals surface area contributed by atoms with Gasteiger partial charge in [0.05, 0.1) is 12.8 Å². The van der Waals surface area contributed by atoms with Crippen LogP contribution in [-0.2, 0) is 0 Å². The number of aromatic amines is 1. The molecule has 0 amide bonds. The van der Waals surface area contributed by atoms with Crippen molar-refractivity contribution < 1.29 is 9.13 Å². The van der Waals surface area contributed by atoms with Gasteiger partial charge in [0, 0.05) is 11.8 Å². The number of halogens is 1. The lowest BCUT2D eigenvalue weighted by molar-refractivity contribution is 0.415. The van der Waals surface area contributed by atoms with E-state index in [1.54, 1.807) is 6.92 Å². The molecule has 0 spiro atoms. The first-order valence-electron chi connectivity index (χ1n) is 5.01. The van der Waals surface area contributed by atoms with Crippen LogP contribution in [0.15, 0.2) is 29.2 Å². The number of nitrogens with zero attached hydrogens (tertiary/aromatic N) is 1. The van der Waals surface area contributed by atoms with Crippen LogP contribution >= 0.6 is 0 Å². The van der Waals surface area contributed by atoms with Crippen LogP contribution in [0.2, 0.25) is 0 Å². The Balaban J connectivity index is 2.70. The monoisotopic (exact) mass is 234 g/mol. The van der Waals surface area contributed by atoms with E-state index in [1.807, 2.05) is 0 Å². The van der Waals surface area contributed by atoms with Crippen molar-refractivity contribution in [2.24, 2.45) is 0 Å². The van der Waals surface area contributed by atoms with E-state index in [4.69, 9.17) is 4.74 Å². The molecule has 0 aliphatic rings. The molecule has 4 nitrogen and oxygen atoms in total. The Morgan fingerprint density at radius 1 is 1.41 bits per heavy atom. The van der Waals surface area contributed by atoms with Gasteiger partial charge >= 0.3 is 5.69 Å². The first-order chi connectivity index (χ1) is 8.11. The number of H-pyrrole nitrogens is 1. The molecule has 1 N–H and O–H groups in total. The number of ether oxygens (including phenoxy) is 1. The lowest BCUT2D eigenvalue weighted by atomic mass is 10.1. The summed E-state index contributed by atoms with van der Waals surface area (Å²) in [5.41, 5.74) is 1.29. The summed E-state index contributed by atoms with van der Waals surface area (Å²) in [6.45, 7) is 1.78. The van der Waals surface area contributed by atoms with Crippen LogP contribution < -0.4 is 10.4 Å². The van der Waals surface area contributed by atoms with Crippen molar-refractivity contribution in [2.45, 2.75) is 6.92 Å². The third-order valence-corrected chi connectivity index (χ3v) is 2.43. The van der Waals surface area contributed by atoms with Crippen molar-refractivity contribution >= 4 is 0 Å². The smallest absolute Gasteiger partial charge is 0.345 e. The van der Waals surface area contributed by atoms with Crippen molar-refractivity contribution in [3.63, 3.8) is 0 Å². The molecule has 17 heavy (non-hydrogen) atoms. The fraction of sp³-hybridized carbons (Fsp3) is 0.167. The molecule has 0 radical (unpaired) electrons. The zero-order chi connectivity index (χ0) is 12.4. The number of nitrogens with one attached hydrogen (secondary N) is 1. The number of hydrogen-bond donors (Lipinski definition) is 1. The van der Waals surface area contributed by atoms with Gasteiger partial charge in [-0.1, -0.05) is 0 Å². The second kappa shape index (κ2) is 4.37. The SMILES string of the molecule is COc1ccc(F)cc1-c1[nH]c(=O)ncc1C. The molecule has 0 unspecified atom stereocenters. The van der Waals surface area contributed by atoms with Gasteiger partial charge in [0.2, 0.25) is 0 Å². The maximum absolute atomic E-state index is 13.2. The quantitative estimate of drug-likeness (QED) is 0.863. The molecule has 88 valence electrons. The molecule has 1 aromatic carbocycles. The maximum atomic E-state index is 13.2. The second-order valence-electron chi connectivity index (χ2n) is 3.59. The van der Waals surface area contributed by atoms with E-state index in [-0.39, 0.29) is 0 Å². The first-order valence-corrected chi connectivity index (χ1v) is 5.01. The maximum Gasteiger partial charge on any atom is 0.345 e. The summed E-state index contributed by atoms with van der Waals surface area (Å²) >= 11 is 0. The van der Waals surface area contributed by atoms with Crippen LogP contribution in [0.1, 0.15) is 5.56 Å². The Morgan fingerprint density at radius 2 is 2.18 bits per heavy atom. The molecule has 1 aromatic heterocycles. The molecule has 2 aromatic rings. The lowest BCUT2D eigenvalue weighted by Gasteiger charge is -2.10. The van der Waals surface area contributed by atoms with Gasteiger partial charge in [-0.15, -0.1) is 0 Å². The Morgan fingerprint density at radius 3 is 2.88 bits per heavy atom. The summed E-state index contributed by atoms with van der Waals surface area (Å²) in [7, 11) is 1.49. The highest BCUT2D eigenvalue weighted by molar-refractivity contribution is 5.69. The molecule has 0 bridgehead atoms. The molecule has 0 aliphatic heterocycles. The number of rotatable bonds is 2. The minimum absolute atomic E-state index is 0.391. The zero-order valence-electron chi connectivity index (χ0n) is 9.45. The Kier molecular flexibility index (Phi) is 2.91. The van der Waals surface area contributed by atoms with Gasteiger partial charge in [0.25, 0.3) is 0 Å². The van der Waals surface area contributed by atoms with Crippen molar-refractivity contribution in [1.29, 1.82) is 0 Å². The average molecular weight is 234 g/mol. The number of aryl methyl sites for hydroxylation is 1. The summed E-state index contributed by atoms with van der Waals surface area (Å²) in [6.07, 6.45) is 1.44. The van der Waals surface area contributed by atoms with Crippen LogP contribution in [0, 0.1) is 12.7 Å². The predicted octanol–water partition coefficient (Wildman–Crippen LogP) is 1.89. The first kappa shape index (κ1) is 11.3. The minimum Gasteiger partial charge on any atom is -0.496 e. The normalized spacial score (nSPS) is 10.3. The van der Waals surface area contributed by atoms with Gasteiger partial charge in [-0.05, 0) is 30.7 Å². The van der Waals surface area contributed by atoms with Crippen LogP contribution in [0.5, 0.6) is 5.75 Å². The minimum atomic E-state index is -0.475. The molecule has 0 fully saturated rings. The topological polar surface area (TPSA) is 55.0 Å². The molecule has 0 saturated heterocycles. The predicted molar refractivity (Wildman–Crippen MR) is 61.5 cm³/mol. The summed E-state index contributed by atoms with van der Waals surface area (Å²) in [4.78, 5) is 17.4. The van der Waals surface area contributed by atoms with Gasteiger partial charge in [-0.3, -0.25) is 0 Å². The summed E-state index contributed by atoms with van der Waals surface area (Å²) in [5.74, 6) is 0.106. The van der Waals surface area contributed by atoms with Gasteiger partial charge in [0.15, 0.2) is 0 Å². The number of hydrogen-bond acceptors (Lipinski definition) is 3. The molecule has 5 heteroatoms. The fourth-order valence-electron chi connectivity index (χ4n) is 1.61. The highest BCUT2D eigenvalue weighted by Gasteiger charge is 2.10. The highest BCUT2D eigenvalue weighted by atomic mass is 19.1. The molecule has 2 rings (SSSR count). The third-order valence-electron chi connectivity index (χ3n) is 2.43. The Bertz CT molecular complexity index is 608. The number of benzene rings is 1. The van der Waals surface area contributed by atoms with Gasteiger partial charge in [-0.25, -0.2) is 14.2 Å². The largest absolute Gasteiger partial charge is 0.496 e. The van der Waals surface area contributed by atoms with E-state index >= 15 is 0 Å². The average Bonchev–Trinajstić information content (AvgIpc) is 2.32. The lowest BCUT2D eigenvalue weighted by Crippen LogP contribution is -2.11. The summed E-state index contributed by atoms with van der Waals surface area (Å²) in [6, 6.07) is 4.14. The van der Waals surface area contributed by atoms with Gasteiger partial charge in [-0.2, -0.15) is 0 Å². The van der Waals surface area contributed by atoms with Crippen LogP contribution in [-0.4, -0.2) is 17.1 Å². The standard InChI is InChI=1S/C12H11FN2O2/c1-7-6-14-12(16)15-11(7)9-5-8(13)3-4-10(9)17-2/h3-6H,1-2H3,(H,14,15,16). The van der Waals surface area contributed by atoms with E-state index in [1.165, 1.54) is 31.5 Å². The molecule has 0 atom stereocenters. The van der Waals surface area contributed by atoms with E-state index < -0.39 is 11.5 Å². The molecule has 1 heterocycles. The number of methoxy groups -OCH3 is 1. The molecule has 0 aliphatic carbocycles. The summed E-state index contributed by atoms with van der Waals surface area (Å²) in [5, 5.41) is 0. The van der Waals surface area contributed by atoms with E-state index in [0.29, 0.717) is 17.0 Å². The summed E-state index contributed by atoms with van der Waals surface area (Å²) < 4.78 is 18.4. The van der Waals surface area contributed by atoms with Crippen molar-refractivity contribution in [3.8, 4) is 17.0 Å². The zero-order valence-corrected chi connectivity index (χ0v) is 9.45. The molecular formula is C12H11FN2O2. The van der Waals surface area contributed by atoms with Crippen LogP contribution in [0.4, 0.5) is 4.39 Å². The third kappa shape index (κ3) is 2.18. The molecule has 0 saturated carbocycles. The van der Waals surface area contributed by atoms with E-state index in [2.05, 4.69) is 9.97 Å². The fourth-order valence-corrected chi connectivity index (χ4v) is 1.61. The second-order valence-corrected chi connectivity index (χ2v) is 3.59. The Hall–Kier alpha value is -2.17. The molecular weight excluding hydrogens is 223 g/mol. The van der Waals surface area contributed by atoms with Gasteiger partial charge < -0.3 is 9.72 Å². The van der Waals surface area contributed by atoms with Crippen molar-refractivity contribution in [1.82, 2.24) is 9.97 Å². The number of aromatic nitrogens is 2. The van der Waals surface area contributed by atoms with E-state index in [9.17, 15) is 9.18 Å². The van der Waals surface area contributed by atoms with Crippen molar-refractivity contribution in [3.05, 3.63) is 46.3 Å². The van der Waals surface area contributed by atoms with E-state index in [0.717, 1.165) is 5.56 Å². The van der Waals surface area contributed by atoms with Crippen LogP contribution in [0.3, 0.4) is 0 Å². The van der Waals surface area contributed by atoms with Crippen molar-refractivity contribution in [2.75, 3.05) is 7.11 Å². The Labute approximate surface area is 97.1 Å². The highest BCUT2D eigenvalue weighted by Crippen LogP contribution is 2.30. The van der Waals surface area contributed by atoms with Crippen LogP contribution in [0.25, 0.3) is 11.3 Å².